The fraction of sp³-hybridized carbons (Fsp3) is 0.583. The van der Waals surface area contributed by atoms with Gasteiger partial charge in [0.25, 0.3) is 0 Å². The van der Waals surface area contributed by atoms with Crippen molar-refractivity contribution in [1.29, 1.82) is 0 Å². The van der Waals surface area contributed by atoms with E-state index in [0.29, 0.717) is 18.9 Å². The van der Waals surface area contributed by atoms with E-state index in [1.165, 1.54) is 16.6 Å². The summed E-state index contributed by atoms with van der Waals surface area (Å²) in [5.74, 6) is 5.66. The van der Waals surface area contributed by atoms with Gasteiger partial charge in [-0.15, -0.1) is 0 Å². The van der Waals surface area contributed by atoms with Crippen molar-refractivity contribution in [1.82, 2.24) is 14.2 Å². The number of nitrogens with one attached hydrogen (secondary N) is 1. The van der Waals surface area contributed by atoms with Gasteiger partial charge < -0.3 is 10.3 Å². The largest absolute Gasteiger partial charge is 0.308 e. The van der Waals surface area contributed by atoms with Crippen LogP contribution in [0.2, 0.25) is 0 Å². The number of nitrogen functional groups attached to an aromatic ring is 1. The fourth-order valence-corrected chi connectivity index (χ4v) is 3.65. The number of sulfonamides is 1. The average Bonchev–Trinajstić information content (AvgIpc) is 2.48. The van der Waals surface area contributed by atoms with Crippen molar-refractivity contribution in [2.45, 2.75) is 18.2 Å². The van der Waals surface area contributed by atoms with Gasteiger partial charge in [0.1, 0.15) is 10.7 Å². The van der Waals surface area contributed by atoms with E-state index >= 15 is 0 Å². The van der Waals surface area contributed by atoms with Crippen molar-refractivity contribution >= 4 is 15.8 Å². The van der Waals surface area contributed by atoms with E-state index in [9.17, 15) is 8.42 Å². The molecule has 0 unspecified atom stereocenters. The molecule has 0 aromatic carbocycles. The molecule has 0 aliphatic carbocycles. The summed E-state index contributed by atoms with van der Waals surface area (Å²) in [6.07, 6.45) is 2.42. The van der Waals surface area contributed by atoms with Gasteiger partial charge in [0.2, 0.25) is 10.0 Å². The molecule has 0 amide bonds. The molecule has 2 rings (SSSR count). The molecule has 112 valence electrons. The Kier molecular flexibility index (Phi) is 4.92. The highest BCUT2D eigenvalue weighted by Gasteiger charge is 2.28. The Hall–Kier alpha value is -1.22. The van der Waals surface area contributed by atoms with Crippen LogP contribution in [0.15, 0.2) is 23.2 Å². The third kappa shape index (κ3) is 3.26. The Morgan fingerprint density at radius 1 is 1.30 bits per heavy atom. The van der Waals surface area contributed by atoms with Crippen molar-refractivity contribution < 1.29 is 8.42 Å². The molecule has 1 aliphatic rings. The number of hydrogen-bond donors (Lipinski definition) is 2. The first-order valence-electron chi connectivity index (χ1n) is 6.73. The number of hydrazine groups is 1. The first-order valence-corrected chi connectivity index (χ1v) is 8.17. The van der Waals surface area contributed by atoms with Crippen LogP contribution in [0.5, 0.6) is 0 Å². The number of aromatic nitrogens is 1. The second kappa shape index (κ2) is 6.49. The third-order valence-electron chi connectivity index (χ3n) is 3.39. The molecule has 0 bridgehead atoms. The minimum Gasteiger partial charge on any atom is -0.308 e. The topological polar surface area (TPSA) is 91.6 Å². The van der Waals surface area contributed by atoms with Crippen LogP contribution in [-0.4, -0.2) is 55.3 Å². The molecule has 7 nitrogen and oxygen atoms in total. The Balaban J connectivity index is 2.07. The predicted octanol–water partition coefficient (Wildman–Crippen LogP) is 0.0835. The van der Waals surface area contributed by atoms with Crippen LogP contribution in [0.25, 0.3) is 0 Å². The van der Waals surface area contributed by atoms with Gasteiger partial charge in [-0.2, -0.15) is 4.31 Å². The molecule has 3 N–H and O–H groups in total. The molecule has 20 heavy (non-hydrogen) atoms. The summed E-state index contributed by atoms with van der Waals surface area (Å²) in [6.45, 7) is 5.76. The van der Waals surface area contributed by atoms with Crippen LogP contribution in [-0.2, 0) is 10.0 Å². The smallest absolute Gasteiger partial charge is 0.244 e. The lowest BCUT2D eigenvalue weighted by Crippen LogP contribution is -2.48. The van der Waals surface area contributed by atoms with Crippen LogP contribution < -0.4 is 11.3 Å². The summed E-state index contributed by atoms with van der Waals surface area (Å²) in [5, 5.41) is 0. The second-order valence-corrected chi connectivity index (χ2v) is 6.71. The molecule has 0 saturated carbocycles. The summed E-state index contributed by atoms with van der Waals surface area (Å²) in [6, 6.07) is 3.08. The van der Waals surface area contributed by atoms with E-state index in [-0.39, 0.29) is 4.90 Å². The van der Waals surface area contributed by atoms with Crippen molar-refractivity contribution in [2.24, 2.45) is 5.84 Å². The molecule has 0 spiro atoms. The summed E-state index contributed by atoms with van der Waals surface area (Å²) in [4.78, 5) is 6.44. The van der Waals surface area contributed by atoms with Crippen LogP contribution >= 0.6 is 0 Å². The van der Waals surface area contributed by atoms with Crippen LogP contribution in [0.3, 0.4) is 0 Å². The molecule has 2 heterocycles. The number of nitrogens with two attached hydrogens (primary N) is 1. The van der Waals surface area contributed by atoms with Gasteiger partial charge >= 0.3 is 0 Å². The SMILES string of the molecule is CCCN1CCN(S(=O)(=O)c2ccc(NN)nc2)CC1. The number of piperazine rings is 1. The Morgan fingerprint density at radius 3 is 2.50 bits per heavy atom. The lowest BCUT2D eigenvalue weighted by atomic mass is 10.3. The van der Waals surface area contributed by atoms with Gasteiger partial charge in [0.05, 0.1) is 0 Å². The lowest BCUT2D eigenvalue weighted by molar-refractivity contribution is 0.188. The number of nitrogens with zero attached hydrogens (tertiary/aromatic N) is 3. The summed E-state index contributed by atoms with van der Waals surface area (Å²) in [7, 11) is -3.45. The van der Waals surface area contributed by atoms with E-state index in [1.54, 1.807) is 6.07 Å². The van der Waals surface area contributed by atoms with Crippen LogP contribution in [0, 0.1) is 0 Å². The molecular weight excluding hydrogens is 278 g/mol. The molecular formula is C12H21N5O2S. The quantitative estimate of drug-likeness (QED) is 0.591. The molecule has 1 fully saturated rings. The minimum atomic E-state index is -3.45. The second-order valence-electron chi connectivity index (χ2n) is 4.77. The first kappa shape index (κ1) is 15.2. The predicted molar refractivity (Wildman–Crippen MR) is 77.5 cm³/mol. The van der Waals surface area contributed by atoms with E-state index < -0.39 is 10.0 Å². The third-order valence-corrected chi connectivity index (χ3v) is 5.28. The Bertz CT molecular complexity index is 523. The number of anilines is 1. The summed E-state index contributed by atoms with van der Waals surface area (Å²) in [5.41, 5.74) is 2.38. The maximum Gasteiger partial charge on any atom is 0.244 e. The zero-order chi connectivity index (χ0) is 14.6. The van der Waals surface area contributed by atoms with Crippen LogP contribution in [0.4, 0.5) is 5.82 Å². The molecule has 0 radical (unpaired) electrons. The van der Waals surface area contributed by atoms with Crippen molar-refractivity contribution in [3.05, 3.63) is 18.3 Å². The average molecular weight is 299 g/mol. The zero-order valence-electron chi connectivity index (χ0n) is 11.6. The highest BCUT2D eigenvalue weighted by molar-refractivity contribution is 7.89. The van der Waals surface area contributed by atoms with E-state index in [0.717, 1.165) is 26.1 Å². The van der Waals surface area contributed by atoms with Gasteiger partial charge in [-0.3, -0.25) is 0 Å². The fourth-order valence-electron chi connectivity index (χ4n) is 2.28. The molecule has 1 aromatic heterocycles. The molecule has 1 aromatic rings. The van der Waals surface area contributed by atoms with Crippen molar-refractivity contribution in [3.8, 4) is 0 Å². The van der Waals surface area contributed by atoms with Gasteiger partial charge in [0, 0.05) is 32.4 Å². The Labute approximate surface area is 119 Å². The number of rotatable bonds is 5. The summed E-state index contributed by atoms with van der Waals surface area (Å²) < 4.78 is 26.5. The van der Waals surface area contributed by atoms with Crippen molar-refractivity contribution in [2.75, 3.05) is 38.1 Å². The normalized spacial score (nSPS) is 18.1. The van der Waals surface area contributed by atoms with E-state index in [4.69, 9.17) is 5.84 Å². The monoisotopic (exact) mass is 299 g/mol. The van der Waals surface area contributed by atoms with Gasteiger partial charge in [-0.25, -0.2) is 19.2 Å². The minimum absolute atomic E-state index is 0.209. The van der Waals surface area contributed by atoms with Gasteiger partial charge in [-0.05, 0) is 25.1 Å². The first-order chi connectivity index (χ1) is 9.57. The molecule has 1 saturated heterocycles. The van der Waals surface area contributed by atoms with E-state index in [2.05, 4.69) is 22.2 Å². The lowest BCUT2D eigenvalue weighted by Gasteiger charge is -2.33. The Morgan fingerprint density at radius 2 is 2.00 bits per heavy atom. The van der Waals surface area contributed by atoms with Crippen molar-refractivity contribution in [3.63, 3.8) is 0 Å². The van der Waals surface area contributed by atoms with Crippen LogP contribution in [0.1, 0.15) is 13.3 Å². The molecule has 1 aliphatic heterocycles. The molecule has 8 heteroatoms. The van der Waals surface area contributed by atoms with Gasteiger partial charge in [0.15, 0.2) is 0 Å². The number of hydrogen-bond acceptors (Lipinski definition) is 6. The highest BCUT2D eigenvalue weighted by Crippen LogP contribution is 2.17. The maximum absolute atomic E-state index is 12.5. The number of pyridine rings is 1. The van der Waals surface area contributed by atoms with E-state index in [1.807, 2.05) is 0 Å². The maximum atomic E-state index is 12.5. The molecule has 0 atom stereocenters. The summed E-state index contributed by atoms with van der Waals surface area (Å²) >= 11 is 0. The highest BCUT2D eigenvalue weighted by atomic mass is 32.2. The van der Waals surface area contributed by atoms with Gasteiger partial charge in [-0.1, -0.05) is 6.92 Å². The zero-order valence-corrected chi connectivity index (χ0v) is 12.4. The standard InChI is InChI=1S/C12H21N5O2S/c1-2-5-16-6-8-17(9-7-16)20(18,19)11-3-4-12(15-13)14-10-11/h3-4,10H,2,5-9,13H2,1H3,(H,14,15).